The van der Waals surface area contributed by atoms with Gasteiger partial charge in [-0.15, -0.1) is 11.3 Å². The van der Waals surface area contributed by atoms with E-state index in [9.17, 15) is 9.90 Å². The molecule has 1 aromatic heterocycles. The number of ether oxygens (including phenoxy) is 1. The highest BCUT2D eigenvalue weighted by Gasteiger charge is 2.42. The van der Waals surface area contributed by atoms with Crippen LogP contribution in [0.5, 0.6) is 0 Å². The van der Waals surface area contributed by atoms with Gasteiger partial charge in [-0.3, -0.25) is 9.69 Å². The lowest BCUT2D eigenvalue weighted by Crippen LogP contribution is -2.48. The summed E-state index contributed by atoms with van der Waals surface area (Å²) in [5.41, 5.74) is 2.25. The van der Waals surface area contributed by atoms with Gasteiger partial charge in [0, 0.05) is 31.7 Å². The van der Waals surface area contributed by atoms with E-state index in [1.165, 1.54) is 4.88 Å². The predicted molar refractivity (Wildman–Crippen MR) is 77.9 cm³/mol. The van der Waals surface area contributed by atoms with Gasteiger partial charge in [-0.25, -0.2) is 4.98 Å². The number of likely N-dealkylation sites (tertiary alicyclic amines) is 1. The Morgan fingerprint density at radius 1 is 1.65 bits per heavy atom. The largest absolute Gasteiger partial charge is 0.481 e. The molecule has 0 unspecified atom stereocenters. The number of hydrogen-bond donors (Lipinski definition) is 1. The van der Waals surface area contributed by atoms with E-state index in [-0.39, 0.29) is 0 Å². The number of carboxylic acids is 1. The van der Waals surface area contributed by atoms with Crippen LogP contribution < -0.4 is 0 Å². The maximum absolute atomic E-state index is 11.7. The quantitative estimate of drug-likeness (QED) is 0.872. The molecule has 2 rings (SSSR count). The van der Waals surface area contributed by atoms with Gasteiger partial charge in [0.05, 0.1) is 16.6 Å². The van der Waals surface area contributed by atoms with Gasteiger partial charge < -0.3 is 9.84 Å². The molecule has 2 heterocycles. The molecule has 1 aromatic rings. The summed E-state index contributed by atoms with van der Waals surface area (Å²) in [5, 5.41) is 9.62. The highest BCUT2D eigenvalue weighted by molar-refractivity contribution is 7.09. The fourth-order valence-electron chi connectivity index (χ4n) is 2.83. The van der Waals surface area contributed by atoms with Crippen molar-refractivity contribution in [1.82, 2.24) is 9.88 Å². The zero-order chi connectivity index (χ0) is 14.6. The number of thiazole rings is 1. The average Bonchev–Trinajstić information content (AvgIpc) is 2.82. The highest BCUT2D eigenvalue weighted by Crippen LogP contribution is 2.35. The third kappa shape index (κ3) is 3.37. The highest BCUT2D eigenvalue weighted by atomic mass is 32.1. The van der Waals surface area contributed by atoms with Gasteiger partial charge in [0.2, 0.25) is 0 Å². The molecule has 5 nitrogen and oxygen atoms in total. The molecule has 0 aromatic carbocycles. The van der Waals surface area contributed by atoms with Crippen LogP contribution in [0.2, 0.25) is 0 Å². The molecule has 0 amide bonds. The number of rotatable bonds is 6. The summed E-state index contributed by atoms with van der Waals surface area (Å²) in [5.74, 6) is -0.694. The van der Waals surface area contributed by atoms with Crippen LogP contribution in [0.4, 0.5) is 0 Å². The number of nitrogens with zero attached hydrogens (tertiary/aromatic N) is 2. The normalized spacial score (nSPS) is 23.9. The zero-order valence-electron chi connectivity index (χ0n) is 12.1. The van der Waals surface area contributed by atoms with Crippen LogP contribution in [0.25, 0.3) is 0 Å². The van der Waals surface area contributed by atoms with Crippen molar-refractivity contribution in [2.24, 2.45) is 5.41 Å². The summed E-state index contributed by atoms with van der Waals surface area (Å²) in [4.78, 5) is 19.4. The number of hydrogen-bond acceptors (Lipinski definition) is 5. The van der Waals surface area contributed by atoms with E-state index >= 15 is 0 Å². The minimum Gasteiger partial charge on any atom is -0.481 e. The van der Waals surface area contributed by atoms with Crippen LogP contribution in [-0.4, -0.2) is 47.8 Å². The molecule has 0 bridgehead atoms. The second kappa shape index (κ2) is 6.65. The van der Waals surface area contributed by atoms with Gasteiger partial charge in [0.15, 0.2) is 0 Å². The summed E-state index contributed by atoms with van der Waals surface area (Å²) in [6.07, 6.45) is 2.24. The van der Waals surface area contributed by atoms with Crippen LogP contribution in [-0.2, 0) is 16.1 Å². The monoisotopic (exact) mass is 298 g/mol. The number of aliphatic carboxylic acids is 1. The minimum atomic E-state index is -0.694. The third-order valence-corrected chi connectivity index (χ3v) is 5.03. The molecule has 1 atom stereocenters. The Morgan fingerprint density at radius 3 is 3.05 bits per heavy atom. The predicted octanol–water partition coefficient (Wildman–Crippen LogP) is 2.15. The molecule has 0 saturated carbocycles. The van der Waals surface area contributed by atoms with E-state index in [0.29, 0.717) is 19.6 Å². The van der Waals surface area contributed by atoms with Crippen LogP contribution in [0.15, 0.2) is 5.51 Å². The molecular formula is C14H22N2O3S. The molecule has 1 aliphatic heterocycles. The van der Waals surface area contributed by atoms with Gasteiger partial charge in [-0.2, -0.15) is 0 Å². The summed E-state index contributed by atoms with van der Waals surface area (Å²) in [7, 11) is 1.62. The standard InChI is InChI=1S/C14H22N2O3S/c1-11-12(20-10-15-11)8-16-6-3-4-14(9-16,13(17)18)5-7-19-2/h10H,3-9H2,1-2H3,(H,17,18)/t14-/m0/s1. The molecule has 1 fully saturated rings. The Kier molecular flexibility index (Phi) is 5.12. The smallest absolute Gasteiger partial charge is 0.311 e. The fourth-order valence-corrected chi connectivity index (χ4v) is 3.64. The van der Waals surface area contributed by atoms with Gasteiger partial charge in [0.25, 0.3) is 0 Å². The molecule has 1 N–H and O–H groups in total. The average molecular weight is 298 g/mol. The van der Waals surface area contributed by atoms with Crippen molar-refractivity contribution in [2.75, 3.05) is 26.8 Å². The second-order valence-electron chi connectivity index (χ2n) is 5.50. The lowest BCUT2D eigenvalue weighted by molar-refractivity contribution is -0.154. The molecule has 0 aliphatic carbocycles. The van der Waals surface area contributed by atoms with Crippen LogP contribution >= 0.6 is 11.3 Å². The molecular weight excluding hydrogens is 276 g/mol. The van der Waals surface area contributed by atoms with E-state index in [1.807, 2.05) is 12.4 Å². The van der Waals surface area contributed by atoms with Crippen molar-refractivity contribution in [3.63, 3.8) is 0 Å². The zero-order valence-corrected chi connectivity index (χ0v) is 12.9. The number of aryl methyl sites for hydroxylation is 1. The Morgan fingerprint density at radius 2 is 2.45 bits per heavy atom. The van der Waals surface area contributed by atoms with Crippen molar-refractivity contribution in [2.45, 2.75) is 32.7 Å². The molecule has 0 radical (unpaired) electrons. The topological polar surface area (TPSA) is 62.7 Å². The van der Waals surface area contributed by atoms with E-state index in [1.54, 1.807) is 18.4 Å². The summed E-state index contributed by atoms with van der Waals surface area (Å²) in [6.45, 7) is 4.87. The molecule has 1 saturated heterocycles. The third-order valence-electron chi connectivity index (χ3n) is 4.11. The number of carbonyl (C=O) groups is 1. The first-order chi connectivity index (χ1) is 9.57. The molecule has 6 heteroatoms. The first kappa shape index (κ1) is 15.4. The van der Waals surface area contributed by atoms with E-state index < -0.39 is 11.4 Å². The Balaban J connectivity index is 2.05. The molecule has 1 aliphatic rings. The Bertz CT molecular complexity index is 463. The SMILES string of the molecule is COCC[C@@]1(C(=O)O)CCCN(Cc2scnc2C)C1. The van der Waals surface area contributed by atoms with Crippen LogP contribution in [0, 0.1) is 12.3 Å². The van der Waals surface area contributed by atoms with E-state index in [0.717, 1.165) is 31.6 Å². The van der Waals surface area contributed by atoms with Crippen LogP contribution in [0.1, 0.15) is 29.8 Å². The lowest BCUT2D eigenvalue weighted by atomic mass is 9.77. The van der Waals surface area contributed by atoms with E-state index in [2.05, 4.69) is 9.88 Å². The number of aromatic nitrogens is 1. The minimum absolute atomic E-state index is 0.500. The summed E-state index contributed by atoms with van der Waals surface area (Å²) >= 11 is 1.64. The number of carboxylic acid groups (broad SMARTS) is 1. The first-order valence-corrected chi connectivity index (χ1v) is 7.79. The summed E-state index contributed by atoms with van der Waals surface area (Å²) in [6, 6.07) is 0. The Hall–Kier alpha value is -0.980. The van der Waals surface area contributed by atoms with Crippen molar-refractivity contribution in [1.29, 1.82) is 0 Å². The van der Waals surface area contributed by atoms with Gasteiger partial charge in [-0.1, -0.05) is 0 Å². The maximum atomic E-state index is 11.7. The number of methoxy groups -OCH3 is 1. The Labute approximate surface area is 123 Å². The van der Waals surface area contributed by atoms with Crippen molar-refractivity contribution >= 4 is 17.3 Å². The second-order valence-corrected chi connectivity index (χ2v) is 6.44. The van der Waals surface area contributed by atoms with Crippen molar-refractivity contribution < 1.29 is 14.6 Å². The molecule has 20 heavy (non-hydrogen) atoms. The van der Waals surface area contributed by atoms with E-state index in [4.69, 9.17) is 4.74 Å². The van der Waals surface area contributed by atoms with Gasteiger partial charge in [0.1, 0.15) is 0 Å². The van der Waals surface area contributed by atoms with Gasteiger partial charge >= 0.3 is 5.97 Å². The molecule has 112 valence electrons. The number of piperidine rings is 1. The van der Waals surface area contributed by atoms with Crippen LogP contribution in [0.3, 0.4) is 0 Å². The lowest BCUT2D eigenvalue weighted by Gasteiger charge is -2.39. The fraction of sp³-hybridized carbons (Fsp3) is 0.714. The van der Waals surface area contributed by atoms with Crippen molar-refractivity contribution in [3.05, 3.63) is 16.1 Å². The summed E-state index contributed by atoms with van der Waals surface area (Å²) < 4.78 is 5.09. The molecule has 0 spiro atoms. The van der Waals surface area contributed by atoms with Crippen molar-refractivity contribution in [3.8, 4) is 0 Å². The van der Waals surface area contributed by atoms with Gasteiger partial charge in [-0.05, 0) is 32.7 Å². The first-order valence-electron chi connectivity index (χ1n) is 6.91. The maximum Gasteiger partial charge on any atom is 0.311 e.